The smallest absolute Gasteiger partial charge is 0.254 e. The van der Waals surface area contributed by atoms with Crippen molar-refractivity contribution >= 4 is 15.7 Å². The van der Waals surface area contributed by atoms with Crippen LogP contribution in [0.1, 0.15) is 28.9 Å². The van der Waals surface area contributed by atoms with Gasteiger partial charge in [0.2, 0.25) is 0 Å². The fraction of sp³-hybridized carbons (Fsp3) is 0.235. The van der Waals surface area contributed by atoms with Crippen LogP contribution in [-0.4, -0.2) is 31.8 Å². The normalized spacial score (nSPS) is 12.6. The lowest BCUT2D eigenvalue weighted by Crippen LogP contribution is -2.31. The van der Waals surface area contributed by atoms with Gasteiger partial charge in [-0.2, -0.15) is 0 Å². The molecule has 0 saturated carbocycles. The number of hydrogen-bond acceptors (Lipinski definition) is 4. The zero-order valence-corrected chi connectivity index (χ0v) is 13.9. The number of rotatable bonds is 6. The van der Waals surface area contributed by atoms with E-state index in [9.17, 15) is 22.7 Å². The Bertz CT molecular complexity index is 819. The van der Waals surface area contributed by atoms with Gasteiger partial charge in [-0.1, -0.05) is 31.2 Å². The van der Waals surface area contributed by atoms with E-state index < -0.39 is 34.2 Å². The molecule has 0 aliphatic carbocycles. The zero-order valence-electron chi connectivity index (χ0n) is 13.1. The molecule has 0 aliphatic rings. The Morgan fingerprint density at radius 3 is 2.33 bits per heavy atom. The minimum atomic E-state index is -3.32. The second kappa shape index (κ2) is 7.55. The third kappa shape index (κ3) is 3.98. The van der Waals surface area contributed by atoms with E-state index in [-0.39, 0.29) is 16.2 Å². The topological polar surface area (TPSA) is 83.5 Å². The summed E-state index contributed by atoms with van der Waals surface area (Å²) in [6.07, 6.45) is 0. The SMILES string of the molecule is CCS(=O)(=O)c1ccc([C@H](CO)NC(=O)c2ccccc2F)cc1. The van der Waals surface area contributed by atoms with Crippen molar-refractivity contribution in [2.75, 3.05) is 12.4 Å². The van der Waals surface area contributed by atoms with Crippen LogP contribution in [0.3, 0.4) is 0 Å². The van der Waals surface area contributed by atoms with Gasteiger partial charge in [-0.05, 0) is 29.8 Å². The summed E-state index contributed by atoms with van der Waals surface area (Å²) >= 11 is 0. The van der Waals surface area contributed by atoms with Crippen molar-refractivity contribution in [1.82, 2.24) is 5.32 Å². The Balaban J connectivity index is 2.20. The maximum absolute atomic E-state index is 13.6. The lowest BCUT2D eigenvalue weighted by atomic mass is 10.1. The minimum absolute atomic E-state index is 0.0141. The summed E-state index contributed by atoms with van der Waals surface area (Å²) in [7, 11) is -3.32. The number of hydrogen-bond donors (Lipinski definition) is 2. The van der Waals surface area contributed by atoms with Crippen LogP contribution in [0, 0.1) is 5.82 Å². The van der Waals surface area contributed by atoms with Crippen molar-refractivity contribution in [1.29, 1.82) is 0 Å². The first-order valence-corrected chi connectivity index (χ1v) is 9.03. The molecule has 2 aromatic carbocycles. The molecular formula is C17H18FNO4S. The molecule has 0 aliphatic heterocycles. The van der Waals surface area contributed by atoms with Gasteiger partial charge in [0.25, 0.3) is 5.91 Å². The fourth-order valence-corrected chi connectivity index (χ4v) is 3.07. The van der Waals surface area contributed by atoms with Gasteiger partial charge in [-0.3, -0.25) is 4.79 Å². The highest BCUT2D eigenvalue weighted by molar-refractivity contribution is 7.91. The fourth-order valence-electron chi connectivity index (χ4n) is 2.19. The van der Waals surface area contributed by atoms with Crippen LogP contribution in [0.25, 0.3) is 0 Å². The Morgan fingerprint density at radius 2 is 1.79 bits per heavy atom. The monoisotopic (exact) mass is 351 g/mol. The first-order valence-electron chi connectivity index (χ1n) is 7.38. The number of amides is 1. The average Bonchev–Trinajstić information content (AvgIpc) is 2.60. The molecule has 1 amide bonds. The number of sulfone groups is 1. The molecule has 0 fully saturated rings. The van der Waals surface area contributed by atoms with E-state index in [0.717, 1.165) is 0 Å². The van der Waals surface area contributed by atoms with Crippen LogP contribution >= 0.6 is 0 Å². The molecule has 0 unspecified atom stereocenters. The number of aliphatic hydroxyl groups excluding tert-OH is 1. The molecule has 5 nitrogen and oxygen atoms in total. The lowest BCUT2D eigenvalue weighted by Gasteiger charge is -2.17. The first kappa shape index (κ1) is 18.1. The molecule has 7 heteroatoms. The van der Waals surface area contributed by atoms with E-state index in [1.807, 2.05) is 0 Å². The third-order valence-electron chi connectivity index (χ3n) is 3.63. The Labute approximate surface area is 140 Å². The van der Waals surface area contributed by atoms with Gasteiger partial charge in [-0.15, -0.1) is 0 Å². The van der Waals surface area contributed by atoms with Crippen LogP contribution in [0.4, 0.5) is 4.39 Å². The van der Waals surface area contributed by atoms with Crippen molar-refractivity contribution in [3.05, 3.63) is 65.5 Å². The zero-order chi connectivity index (χ0) is 17.7. The Hall–Kier alpha value is -2.25. The number of benzene rings is 2. The maximum atomic E-state index is 13.6. The number of aliphatic hydroxyl groups is 1. The summed E-state index contributed by atoms with van der Waals surface area (Å²) in [5.74, 6) is -1.33. The van der Waals surface area contributed by atoms with E-state index in [2.05, 4.69) is 5.32 Å². The summed E-state index contributed by atoms with van der Waals surface area (Å²) < 4.78 is 37.2. The predicted molar refractivity (Wildman–Crippen MR) is 87.9 cm³/mol. The molecule has 2 N–H and O–H groups in total. The number of carbonyl (C=O) groups excluding carboxylic acids is 1. The highest BCUT2D eigenvalue weighted by Gasteiger charge is 2.18. The number of carbonyl (C=O) groups is 1. The first-order chi connectivity index (χ1) is 11.4. The second-order valence-electron chi connectivity index (χ2n) is 5.16. The molecule has 128 valence electrons. The van der Waals surface area contributed by atoms with E-state index in [1.165, 1.54) is 48.5 Å². The Kier molecular flexibility index (Phi) is 5.69. The highest BCUT2D eigenvalue weighted by atomic mass is 32.2. The van der Waals surface area contributed by atoms with Gasteiger partial charge in [0, 0.05) is 0 Å². The molecule has 0 spiro atoms. The molecule has 24 heavy (non-hydrogen) atoms. The average molecular weight is 351 g/mol. The van der Waals surface area contributed by atoms with Crippen LogP contribution in [-0.2, 0) is 9.84 Å². The highest BCUT2D eigenvalue weighted by Crippen LogP contribution is 2.18. The van der Waals surface area contributed by atoms with Crippen molar-refractivity contribution in [3.8, 4) is 0 Å². The molecular weight excluding hydrogens is 333 g/mol. The van der Waals surface area contributed by atoms with Gasteiger partial charge < -0.3 is 10.4 Å². The number of halogens is 1. The molecule has 2 aromatic rings. The van der Waals surface area contributed by atoms with Crippen LogP contribution in [0.15, 0.2) is 53.4 Å². The van der Waals surface area contributed by atoms with E-state index in [0.29, 0.717) is 5.56 Å². The lowest BCUT2D eigenvalue weighted by molar-refractivity contribution is 0.0912. The summed E-state index contributed by atoms with van der Waals surface area (Å²) in [6, 6.07) is 10.6. The molecule has 1 atom stereocenters. The summed E-state index contributed by atoms with van der Waals surface area (Å²) in [5.41, 5.74) is 0.401. The van der Waals surface area contributed by atoms with E-state index in [1.54, 1.807) is 6.92 Å². The predicted octanol–water partition coefficient (Wildman–Crippen LogP) is 2.08. The van der Waals surface area contributed by atoms with Gasteiger partial charge >= 0.3 is 0 Å². The molecule has 0 radical (unpaired) electrons. The quantitative estimate of drug-likeness (QED) is 0.835. The van der Waals surface area contributed by atoms with Crippen LogP contribution in [0.5, 0.6) is 0 Å². The van der Waals surface area contributed by atoms with Gasteiger partial charge in [-0.25, -0.2) is 12.8 Å². The number of nitrogens with one attached hydrogen (secondary N) is 1. The third-order valence-corrected chi connectivity index (χ3v) is 5.38. The minimum Gasteiger partial charge on any atom is -0.394 e. The standard InChI is InChI=1S/C17H18FNO4S/c1-2-24(22,23)13-9-7-12(8-10-13)16(11-20)19-17(21)14-5-3-4-6-15(14)18/h3-10,16,20H,2,11H2,1H3,(H,19,21)/t16-/m0/s1. The molecule has 0 heterocycles. The van der Waals surface area contributed by atoms with E-state index >= 15 is 0 Å². The second-order valence-corrected chi connectivity index (χ2v) is 7.44. The van der Waals surface area contributed by atoms with Gasteiger partial charge in [0.05, 0.1) is 28.9 Å². The van der Waals surface area contributed by atoms with Crippen LogP contribution < -0.4 is 5.32 Å². The largest absolute Gasteiger partial charge is 0.394 e. The molecule has 0 bridgehead atoms. The summed E-state index contributed by atoms with van der Waals surface area (Å²) in [5, 5.41) is 12.0. The Morgan fingerprint density at radius 1 is 1.17 bits per heavy atom. The molecule has 0 aromatic heterocycles. The van der Waals surface area contributed by atoms with Crippen molar-refractivity contribution in [2.24, 2.45) is 0 Å². The molecule has 0 saturated heterocycles. The van der Waals surface area contributed by atoms with Crippen molar-refractivity contribution in [3.63, 3.8) is 0 Å². The van der Waals surface area contributed by atoms with Gasteiger partial charge in [0.15, 0.2) is 9.84 Å². The van der Waals surface area contributed by atoms with Crippen LogP contribution in [0.2, 0.25) is 0 Å². The van der Waals surface area contributed by atoms with Crippen molar-refractivity contribution < 1.29 is 22.7 Å². The summed E-state index contributed by atoms with van der Waals surface area (Å²) in [4.78, 5) is 12.3. The van der Waals surface area contributed by atoms with E-state index in [4.69, 9.17) is 0 Å². The van der Waals surface area contributed by atoms with Gasteiger partial charge in [0.1, 0.15) is 5.82 Å². The maximum Gasteiger partial charge on any atom is 0.254 e. The van der Waals surface area contributed by atoms with Crippen molar-refractivity contribution in [2.45, 2.75) is 17.9 Å². The molecule has 2 rings (SSSR count). The summed E-state index contributed by atoms with van der Waals surface area (Å²) in [6.45, 7) is 1.15.